The molecule has 7 nitrogen and oxygen atoms in total. The summed E-state index contributed by atoms with van der Waals surface area (Å²) in [4.78, 5) is 4.46. The van der Waals surface area contributed by atoms with Crippen LogP contribution in [0, 0.1) is 0 Å². The normalized spacial score (nSPS) is 12.7. The van der Waals surface area contributed by atoms with Crippen molar-refractivity contribution in [3.8, 4) is 11.4 Å². The zero-order valence-electron chi connectivity index (χ0n) is 12.5. The van der Waals surface area contributed by atoms with Crippen molar-refractivity contribution in [2.45, 2.75) is 37.2 Å². The summed E-state index contributed by atoms with van der Waals surface area (Å²) >= 11 is 1.50. The molecule has 0 N–H and O–H groups in total. The van der Waals surface area contributed by atoms with Gasteiger partial charge in [0.15, 0.2) is 0 Å². The van der Waals surface area contributed by atoms with Crippen LogP contribution in [0.2, 0.25) is 0 Å². The van der Waals surface area contributed by atoms with Crippen LogP contribution in [0.5, 0.6) is 0 Å². The van der Waals surface area contributed by atoms with Gasteiger partial charge in [0.2, 0.25) is 16.9 Å². The highest BCUT2D eigenvalue weighted by Gasteiger charge is 2.20. The molecule has 0 aliphatic carbocycles. The van der Waals surface area contributed by atoms with Crippen molar-refractivity contribution < 1.29 is 4.52 Å². The predicted octanol–water partition coefficient (Wildman–Crippen LogP) is 3.16. The number of hydrogen-bond donors (Lipinski definition) is 0. The first-order chi connectivity index (χ1) is 10.6. The van der Waals surface area contributed by atoms with Crippen LogP contribution in [0.25, 0.3) is 11.4 Å². The molecule has 0 spiro atoms. The Morgan fingerprint density at radius 1 is 1.14 bits per heavy atom. The lowest BCUT2D eigenvalue weighted by molar-refractivity contribution is 0.380. The van der Waals surface area contributed by atoms with Crippen LogP contribution >= 0.6 is 11.8 Å². The second kappa shape index (κ2) is 6.27. The van der Waals surface area contributed by atoms with E-state index in [-0.39, 0.29) is 11.3 Å². The van der Waals surface area contributed by atoms with E-state index >= 15 is 0 Å². The van der Waals surface area contributed by atoms with Crippen LogP contribution in [0.3, 0.4) is 0 Å². The molecule has 0 saturated carbocycles. The van der Waals surface area contributed by atoms with Gasteiger partial charge >= 0.3 is 0 Å². The molecule has 8 heteroatoms. The van der Waals surface area contributed by atoms with Crippen LogP contribution < -0.4 is 0 Å². The van der Waals surface area contributed by atoms with E-state index < -0.39 is 0 Å². The molecular weight excluding hydrogens is 300 g/mol. The maximum Gasteiger partial charge on any atom is 0.240 e. The van der Waals surface area contributed by atoms with Crippen molar-refractivity contribution in [2.75, 3.05) is 0 Å². The number of benzene rings is 1. The summed E-state index contributed by atoms with van der Waals surface area (Å²) in [5.41, 5.74) is 0.932. The molecule has 2 heterocycles. The fourth-order valence-electron chi connectivity index (χ4n) is 1.90. The molecule has 0 aliphatic rings. The van der Waals surface area contributed by atoms with E-state index in [0.29, 0.717) is 11.7 Å². The maximum atomic E-state index is 5.37. The average Bonchev–Trinajstić information content (AvgIpc) is 3.17. The van der Waals surface area contributed by atoms with Gasteiger partial charge in [-0.2, -0.15) is 4.98 Å². The van der Waals surface area contributed by atoms with Crippen molar-refractivity contribution in [2.24, 2.45) is 0 Å². The Kier molecular flexibility index (Phi) is 4.19. The smallest absolute Gasteiger partial charge is 0.240 e. The molecule has 0 fully saturated rings. The SMILES string of the molecule is CC(Sc1nnnn1C(C)C)c1nc(-c2ccccc2)no1. The molecule has 1 unspecified atom stereocenters. The zero-order valence-corrected chi connectivity index (χ0v) is 13.4. The van der Waals surface area contributed by atoms with Gasteiger partial charge in [-0.1, -0.05) is 47.3 Å². The maximum absolute atomic E-state index is 5.37. The van der Waals surface area contributed by atoms with E-state index in [1.165, 1.54) is 11.8 Å². The third kappa shape index (κ3) is 3.01. The molecular formula is C14H16N6OS. The van der Waals surface area contributed by atoms with Crippen LogP contribution in [-0.4, -0.2) is 30.3 Å². The first-order valence-electron chi connectivity index (χ1n) is 6.98. The lowest BCUT2D eigenvalue weighted by atomic mass is 10.2. The van der Waals surface area contributed by atoms with Crippen molar-refractivity contribution in [3.63, 3.8) is 0 Å². The van der Waals surface area contributed by atoms with Gasteiger partial charge in [0.25, 0.3) is 0 Å². The third-order valence-electron chi connectivity index (χ3n) is 3.06. The van der Waals surface area contributed by atoms with Gasteiger partial charge in [-0.3, -0.25) is 0 Å². The number of hydrogen-bond acceptors (Lipinski definition) is 7. The van der Waals surface area contributed by atoms with Crippen molar-refractivity contribution in [1.29, 1.82) is 0 Å². The van der Waals surface area contributed by atoms with E-state index in [2.05, 4.69) is 25.7 Å². The molecule has 2 aromatic heterocycles. The standard InChI is InChI=1S/C14H16N6OS/c1-9(2)20-14(16-18-19-20)22-10(3)13-15-12(17-21-13)11-7-5-4-6-8-11/h4-10H,1-3H3. The minimum absolute atomic E-state index is 0.0338. The largest absolute Gasteiger partial charge is 0.338 e. The van der Waals surface area contributed by atoms with Crippen LogP contribution in [0.4, 0.5) is 0 Å². The number of nitrogens with zero attached hydrogens (tertiary/aromatic N) is 6. The molecule has 0 aliphatic heterocycles. The molecule has 3 rings (SSSR count). The second-order valence-electron chi connectivity index (χ2n) is 5.08. The highest BCUT2D eigenvalue weighted by Crippen LogP contribution is 2.33. The Bertz CT molecular complexity index is 739. The highest BCUT2D eigenvalue weighted by molar-refractivity contribution is 7.99. The molecule has 1 aromatic carbocycles. The van der Waals surface area contributed by atoms with Gasteiger partial charge in [-0.05, 0) is 31.2 Å². The Labute approximate surface area is 132 Å². The van der Waals surface area contributed by atoms with E-state index in [4.69, 9.17) is 4.52 Å². The van der Waals surface area contributed by atoms with Gasteiger partial charge in [-0.15, -0.1) is 5.10 Å². The summed E-state index contributed by atoms with van der Waals surface area (Å²) in [6.45, 7) is 6.06. The highest BCUT2D eigenvalue weighted by atomic mass is 32.2. The zero-order chi connectivity index (χ0) is 15.5. The fraction of sp³-hybridized carbons (Fsp3) is 0.357. The lowest BCUT2D eigenvalue weighted by Crippen LogP contribution is -2.05. The molecule has 0 bridgehead atoms. The minimum atomic E-state index is -0.0338. The first-order valence-corrected chi connectivity index (χ1v) is 7.86. The number of thioether (sulfide) groups is 1. The third-order valence-corrected chi connectivity index (χ3v) is 4.09. The lowest BCUT2D eigenvalue weighted by Gasteiger charge is -2.09. The Balaban J connectivity index is 1.77. The summed E-state index contributed by atoms with van der Waals surface area (Å²) in [7, 11) is 0. The topological polar surface area (TPSA) is 82.5 Å². The predicted molar refractivity (Wildman–Crippen MR) is 82.2 cm³/mol. The van der Waals surface area contributed by atoms with E-state index in [1.54, 1.807) is 4.68 Å². The second-order valence-corrected chi connectivity index (χ2v) is 6.39. The van der Waals surface area contributed by atoms with Gasteiger partial charge in [0.1, 0.15) is 0 Å². The summed E-state index contributed by atoms with van der Waals surface area (Å²) in [6, 6.07) is 9.94. The van der Waals surface area contributed by atoms with Crippen molar-refractivity contribution >= 4 is 11.8 Å². The van der Waals surface area contributed by atoms with Crippen molar-refractivity contribution in [1.82, 2.24) is 30.3 Å². The summed E-state index contributed by atoms with van der Waals surface area (Å²) in [5, 5.41) is 16.5. The van der Waals surface area contributed by atoms with Gasteiger partial charge in [0.05, 0.1) is 11.3 Å². The number of rotatable bonds is 5. The molecule has 0 amide bonds. The number of tetrazole rings is 1. The van der Waals surface area contributed by atoms with Crippen LogP contribution in [0.15, 0.2) is 40.0 Å². The molecule has 0 radical (unpaired) electrons. The molecule has 3 aromatic rings. The summed E-state index contributed by atoms with van der Waals surface area (Å²) in [5.74, 6) is 1.15. The van der Waals surface area contributed by atoms with Crippen molar-refractivity contribution in [3.05, 3.63) is 36.2 Å². The summed E-state index contributed by atoms with van der Waals surface area (Å²) in [6.07, 6.45) is 0. The fourth-order valence-corrected chi connectivity index (χ4v) is 2.85. The van der Waals surface area contributed by atoms with E-state index in [1.807, 2.05) is 51.1 Å². The van der Waals surface area contributed by atoms with Crippen LogP contribution in [-0.2, 0) is 0 Å². The quantitative estimate of drug-likeness (QED) is 0.668. The van der Waals surface area contributed by atoms with E-state index in [0.717, 1.165) is 10.7 Å². The molecule has 114 valence electrons. The Morgan fingerprint density at radius 3 is 2.64 bits per heavy atom. The molecule has 0 saturated heterocycles. The molecule has 1 atom stereocenters. The number of aromatic nitrogens is 6. The Hall–Kier alpha value is -2.22. The monoisotopic (exact) mass is 316 g/mol. The average molecular weight is 316 g/mol. The van der Waals surface area contributed by atoms with E-state index in [9.17, 15) is 0 Å². The van der Waals surface area contributed by atoms with Gasteiger partial charge in [0, 0.05) is 5.56 Å². The first kappa shape index (κ1) is 14.7. The Morgan fingerprint density at radius 2 is 1.91 bits per heavy atom. The van der Waals surface area contributed by atoms with Gasteiger partial charge < -0.3 is 4.52 Å². The summed E-state index contributed by atoms with van der Waals surface area (Å²) < 4.78 is 7.14. The minimum Gasteiger partial charge on any atom is -0.338 e. The van der Waals surface area contributed by atoms with Gasteiger partial charge in [-0.25, -0.2) is 4.68 Å². The molecule has 22 heavy (non-hydrogen) atoms. The van der Waals surface area contributed by atoms with Crippen LogP contribution in [0.1, 0.15) is 38.0 Å².